The highest BCUT2D eigenvalue weighted by Crippen LogP contribution is 2.42. The molecule has 2 atom stereocenters. The third kappa shape index (κ3) is 3.10. The number of benzene rings is 1. The lowest BCUT2D eigenvalue weighted by Gasteiger charge is -2.37. The summed E-state index contributed by atoms with van der Waals surface area (Å²) in [6.45, 7) is 6.84. The zero-order valence-electron chi connectivity index (χ0n) is 11.2. The molecular weight excluding hydrogens is 206 g/mol. The molecule has 1 aliphatic rings. The minimum absolute atomic E-state index is 0.811. The van der Waals surface area contributed by atoms with Crippen LogP contribution in [-0.4, -0.2) is 13.1 Å². The van der Waals surface area contributed by atoms with Crippen LogP contribution in [0, 0.1) is 5.92 Å². The van der Waals surface area contributed by atoms with Crippen LogP contribution in [0.4, 0.5) is 0 Å². The first-order chi connectivity index (χ1) is 8.35. The van der Waals surface area contributed by atoms with Crippen LogP contribution in [0.25, 0.3) is 0 Å². The van der Waals surface area contributed by atoms with Crippen LogP contribution >= 0.6 is 0 Å². The molecule has 2 unspecified atom stereocenters. The number of nitrogens with one attached hydrogen (secondary N) is 1. The molecule has 0 aromatic heterocycles. The molecule has 0 radical (unpaired) electrons. The van der Waals surface area contributed by atoms with E-state index in [2.05, 4.69) is 43.4 Å². The summed E-state index contributed by atoms with van der Waals surface area (Å²) in [4.78, 5) is 0. The third-order valence-electron chi connectivity index (χ3n) is 4.04. The van der Waals surface area contributed by atoms with Gasteiger partial charge in [0, 0.05) is 0 Å². The summed E-state index contributed by atoms with van der Waals surface area (Å²) in [5.74, 6) is 1.68. The second-order valence-electron chi connectivity index (χ2n) is 5.25. The molecule has 1 saturated carbocycles. The number of hydrogen-bond acceptors (Lipinski definition) is 1. The van der Waals surface area contributed by atoms with Gasteiger partial charge in [-0.2, -0.15) is 0 Å². The van der Waals surface area contributed by atoms with Crippen molar-refractivity contribution >= 4 is 0 Å². The molecule has 1 heteroatoms. The Morgan fingerprint density at radius 2 is 2.12 bits per heavy atom. The molecule has 1 aromatic rings. The number of aryl methyl sites for hydroxylation is 1. The van der Waals surface area contributed by atoms with E-state index in [1.807, 2.05) is 0 Å². The monoisotopic (exact) mass is 231 g/mol. The van der Waals surface area contributed by atoms with Crippen molar-refractivity contribution in [2.75, 3.05) is 13.1 Å². The highest BCUT2D eigenvalue weighted by atomic mass is 14.9. The molecule has 1 nitrogen and oxygen atoms in total. The van der Waals surface area contributed by atoms with E-state index in [9.17, 15) is 0 Å². The minimum atomic E-state index is 0.811. The van der Waals surface area contributed by atoms with Crippen molar-refractivity contribution in [3.8, 4) is 0 Å². The van der Waals surface area contributed by atoms with Gasteiger partial charge < -0.3 is 5.32 Å². The van der Waals surface area contributed by atoms with E-state index >= 15 is 0 Å². The van der Waals surface area contributed by atoms with E-state index in [0.717, 1.165) is 24.8 Å². The topological polar surface area (TPSA) is 12.0 Å². The first-order valence-electron chi connectivity index (χ1n) is 7.14. The summed E-state index contributed by atoms with van der Waals surface area (Å²) in [5.41, 5.74) is 3.05. The van der Waals surface area contributed by atoms with Crippen LogP contribution in [-0.2, 0) is 6.42 Å². The highest BCUT2D eigenvalue weighted by Gasteiger charge is 2.31. The van der Waals surface area contributed by atoms with Crippen LogP contribution in [0.5, 0.6) is 0 Å². The maximum absolute atomic E-state index is 3.57. The predicted molar refractivity (Wildman–Crippen MR) is 74.4 cm³/mol. The van der Waals surface area contributed by atoms with Gasteiger partial charge in [0.1, 0.15) is 0 Å². The molecule has 1 aromatic carbocycles. The zero-order valence-corrected chi connectivity index (χ0v) is 11.2. The van der Waals surface area contributed by atoms with Gasteiger partial charge in [-0.15, -0.1) is 0 Å². The Kier molecular flexibility index (Phi) is 4.61. The van der Waals surface area contributed by atoms with Crippen molar-refractivity contribution in [2.24, 2.45) is 5.92 Å². The Morgan fingerprint density at radius 1 is 1.24 bits per heavy atom. The fraction of sp³-hybridized carbons (Fsp3) is 0.625. The van der Waals surface area contributed by atoms with Gasteiger partial charge in [0.05, 0.1) is 0 Å². The molecule has 0 amide bonds. The highest BCUT2D eigenvalue weighted by molar-refractivity contribution is 5.28. The fourth-order valence-corrected chi connectivity index (χ4v) is 2.76. The van der Waals surface area contributed by atoms with E-state index in [-0.39, 0.29) is 0 Å². The lowest BCUT2D eigenvalue weighted by atomic mass is 9.69. The van der Waals surface area contributed by atoms with E-state index in [1.54, 1.807) is 5.56 Å². The summed E-state index contributed by atoms with van der Waals surface area (Å²) in [7, 11) is 0. The Labute approximate surface area is 106 Å². The molecule has 1 fully saturated rings. The molecule has 0 heterocycles. The lowest BCUT2D eigenvalue weighted by Crippen LogP contribution is -2.34. The van der Waals surface area contributed by atoms with E-state index in [4.69, 9.17) is 0 Å². The van der Waals surface area contributed by atoms with Crippen molar-refractivity contribution in [3.05, 3.63) is 35.4 Å². The van der Waals surface area contributed by atoms with Crippen molar-refractivity contribution in [1.29, 1.82) is 0 Å². The van der Waals surface area contributed by atoms with Crippen LogP contribution in [0.15, 0.2) is 24.3 Å². The predicted octanol–water partition coefficient (Wildman–Crippen LogP) is 3.74. The molecular formula is C16H25N. The molecule has 0 bridgehead atoms. The van der Waals surface area contributed by atoms with Crippen molar-refractivity contribution in [2.45, 2.75) is 45.4 Å². The molecule has 1 aliphatic carbocycles. The van der Waals surface area contributed by atoms with Gasteiger partial charge in [0.15, 0.2) is 0 Å². The van der Waals surface area contributed by atoms with Crippen molar-refractivity contribution in [3.63, 3.8) is 0 Å². The van der Waals surface area contributed by atoms with Gasteiger partial charge in [0.25, 0.3) is 0 Å². The molecule has 0 spiro atoms. The Morgan fingerprint density at radius 3 is 2.76 bits per heavy atom. The van der Waals surface area contributed by atoms with E-state index < -0.39 is 0 Å². The Bertz CT molecular complexity index is 345. The summed E-state index contributed by atoms with van der Waals surface area (Å²) >= 11 is 0. The fourth-order valence-electron chi connectivity index (χ4n) is 2.76. The van der Waals surface area contributed by atoms with Crippen LogP contribution in [0.2, 0.25) is 0 Å². The first-order valence-corrected chi connectivity index (χ1v) is 7.14. The summed E-state index contributed by atoms with van der Waals surface area (Å²) < 4.78 is 0. The minimum Gasteiger partial charge on any atom is -0.316 e. The summed E-state index contributed by atoms with van der Waals surface area (Å²) in [6, 6.07) is 9.20. The normalized spacial score (nSPS) is 23.4. The zero-order chi connectivity index (χ0) is 12.1. The molecule has 17 heavy (non-hydrogen) atoms. The van der Waals surface area contributed by atoms with Gasteiger partial charge in [0.2, 0.25) is 0 Å². The van der Waals surface area contributed by atoms with Gasteiger partial charge in [-0.05, 0) is 61.7 Å². The number of rotatable bonds is 6. The molecule has 0 aliphatic heterocycles. The van der Waals surface area contributed by atoms with Gasteiger partial charge >= 0.3 is 0 Å². The average molecular weight is 231 g/mol. The maximum atomic E-state index is 3.57. The second kappa shape index (κ2) is 6.20. The average Bonchev–Trinajstić information content (AvgIpc) is 2.33. The Hall–Kier alpha value is -0.820. The van der Waals surface area contributed by atoms with Crippen molar-refractivity contribution < 1.29 is 0 Å². The van der Waals surface area contributed by atoms with Crippen LogP contribution in [0.1, 0.15) is 50.2 Å². The van der Waals surface area contributed by atoms with Gasteiger partial charge in [-0.3, -0.25) is 0 Å². The largest absolute Gasteiger partial charge is 0.316 e. The molecule has 0 saturated heterocycles. The molecule has 94 valence electrons. The summed E-state index contributed by atoms with van der Waals surface area (Å²) in [5, 5.41) is 3.57. The Balaban J connectivity index is 1.92. The lowest BCUT2D eigenvalue weighted by molar-refractivity contribution is 0.246. The van der Waals surface area contributed by atoms with E-state index in [1.165, 1.54) is 31.4 Å². The van der Waals surface area contributed by atoms with Crippen LogP contribution in [0.3, 0.4) is 0 Å². The van der Waals surface area contributed by atoms with Gasteiger partial charge in [-0.1, -0.05) is 38.1 Å². The van der Waals surface area contributed by atoms with Gasteiger partial charge in [-0.25, -0.2) is 0 Å². The molecule has 2 rings (SSSR count). The van der Waals surface area contributed by atoms with Crippen LogP contribution < -0.4 is 5.32 Å². The SMILES string of the molecule is CCCNCC1CCC1c1cccc(CC)c1. The third-order valence-corrected chi connectivity index (χ3v) is 4.04. The quantitative estimate of drug-likeness (QED) is 0.735. The smallest absolute Gasteiger partial charge is 0.00147 e. The molecule has 1 N–H and O–H groups in total. The number of hydrogen-bond donors (Lipinski definition) is 1. The van der Waals surface area contributed by atoms with Crippen molar-refractivity contribution in [1.82, 2.24) is 5.32 Å². The maximum Gasteiger partial charge on any atom is -0.00147 e. The standard InChI is InChI=1S/C16H25N/c1-3-10-17-12-15-8-9-16(15)14-7-5-6-13(4-2)11-14/h5-7,11,15-17H,3-4,8-10,12H2,1-2H3. The second-order valence-corrected chi connectivity index (χ2v) is 5.25. The summed E-state index contributed by atoms with van der Waals surface area (Å²) in [6.07, 6.45) is 5.17. The van der Waals surface area contributed by atoms with E-state index in [0.29, 0.717) is 0 Å². The first kappa shape index (κ1) is 12.6.